The van der Waals surface area contributed by atoms with E-state index in [1.54, 1.807) is 0 Å². The minimum Gasteiger partial charge on any atom is -0.358 e. The first kappa shape index (κ1) is 26.3. The van der Waals surface area contributed by atoms with Crippen LogP contribution in [0.4, 0.5) is 0 Å². The molecular weight excluding hydrogens is 476 g/mol. The third kappa shape index (κ3) is 6.85. The molecule has 0 atom stereocenters. The minimum atomic E-state index is 0. The molecule has 0 N–H and O–H groups in total. The van der Waals surface area contributed by atoms with Crippen molar-refractivity contribution in [3.8, 4) is 22.3 Å². The molecule has 7 rings (SSSR count). The molecule has 4 fully saturated rings. The van der Waals surface area contributed by atoms with Crippen LogP contribution < -0.4 is 0 Å². The number of rotatable bonds is 2. The fourth-order valence-electron chi connectivity index (χ4n) is 5.96. The summed E-state index contributed by atoms with van der Waals surface area (Å²) >= 11 is 0. The Morgan fingerprint density at radius 3 is 1.45 bits per heavy atom. The van der Waals surface area contributed by atoms with E-state index in [4.69, 9.17) is 0 Å². The van der Waals surface area contributed by atoms with Gasteiger partial charge in [-0.25, -0.2) is 0 Å². The maximum Gasteiger partial charge on any atom is 4.00 e. The minimum absolute atomic E-state index is 0. The molecule has 170 valence electrons. The fraction of sp³-hybridized carbons (Fsp3) is 0.375. The molecule has 0 spiro atoms. The van der Waals surface area contributed by atoms with Crippen molar-refractivity contribution in [2.75, 3.05) is 0 Å². The summed E-state index contributed by atoms with van der Waals surface area (Å²) in [5, 5.41) is 0. The van der Waals surface area contributed by atoms with Gasteiger partial charge in [-0.1, -0.05) is 103 Å². The van der Waals surface area contributed by atoms with Gasteiger partial charge in [0.1, 0.15) is 0 Å². The summed E-state index contributed by atoms with van der Waals surface area (Å²) in [6.45, 7) is 0. The average molecular weight is 514 g/mol. The van der Waals surface area contributed by atoms with Crippen molar-refractivity contribution in [3.63, 3.8) is 0 Å². The van der Waals surface area contributed by atoms with E-state index in [2.05, 4.69) is 78.9 Å². The molecular formula is C32H38Zr. The predicted octanol–water partition coefficient (Wildman–Crippen LogP) is 9.50. The Kier molecular flexibility index (Phi) is 10.3. The first-order valence-electron chi connectivity index (χ1n) is 12.4. The van der Waals surface area contributed by atoms with Crippen LogP contribution in [0.2, 0.25) is 0 Å². The third-order valence-corrected chi connectivity index (χ3v) is 7.76. The Bertz CT molecular complexity index is 813. The van der Waals surface area contributed by atoms with Gasteiger partial charge >= 0.3 is 26.2 Å². The molecule has 33 heavy (non-hydrogen) atoms. The van der Waals surface area contributed by atoms with E-state index >= 15 is 0 Å². The molecule has 0 saturated heterocycles. The largest absolute Gasteiger partial charge is 4.00 e. The van der Waals surface area contributed by atoms with Gasteiger partial charge in [-0.05, 0) is 0 Å². The van der Waals surface area contributed by atoms with E-state index in [1.165, 1.54) is 86.5 Å². The van der Waals surface area contributed by atoms with Crippen LogP contribution in [0.1, 0.15) is 64.2 Å². The molecule has 0 heterocycles. The summed E-state index contributed by atoms with van der Waals surface area (Å²) in [6.07, 6.45) is 15.0. The molecule has 1 heteroatoms. The Balaban J connectivity index is 0.000000158. The number of fused-ring (bicyclic) bond motifs is 4. The zero-order valence-corrected chi connectivity index (χ0v) is 22.7. The molecule has 4 saturated carbocycles. The molecule has 0 aliphatic heterocycles. The maximum atomic E-state index is 2.18. The van der Waals surface area contributed by atoms with Gasteiger partial charge in [-0.3, -0.25) is 0 Å². The Morgan fingerprint density at radius 2 is 1.06 bits per heavy atom. The monoisotopic (exact) mass is 512 g/mol. The van der Waals surface area contributed by atoms with Crippen LogP contribution in [0.15, 0.2) is 78.9 Å². The molecule has 0 nitrogen and oxygen atoms in total. The van der Waals surface area contributed by atoms with E-state index in [0.717, 1.165) is 11.8 Å². The van der Waals surface area contributed by atoms with E-state index in [0.29, 0.717) is 0 Å². The van der Waals surface area contributed by atoms with Crippen LogP contribution in [0.25, 0.3) is 22.3 Å². The Hall–Kier alpha value is -1.33. The van der Waals surface area contributed by atoms with Crippen LogP contribution in [0.5, 0.6) is 0 Å². The number of hydrogen-bond donors (Lipinski definition) is 0. The van der Waals surface area contributed by atoms with Crippen molar-refractivity contribution >= 4 is 0 Å². The van der Waals surface area contributed by atoms with Crippen molar-refractivity contribution in [1.82, 2.24) is 0 Å². The molecule has 3 aromatic rings. The number of benzene rings is 2. The maximum absolute atomic E-state index is 2.18. The first-order valence-corrected chi connectivity index (χ1v) is 12.4. The molecule has 4 aliphatic carbocycles. The SMILES string of the molecule is C1CC2CC[C-]1C2.C1CC2CC[C-]1C2.[CH3-].[Zr+4].c1ccc(-c2ccc[c-]2-c2ccccc2)cc1. The number of hydrogen-bond acceptors (Lipinski definition) is 0. The molecule has 4 aliphatic rings. The standard InChI is InChI=1S/C17H13.2C7H11.CH3.Zr/c1-3-8-14(9-4-1)16-12-7-13-17(16)15-10-5-2-6-11-15;2*1-2-7-4-3-6(1)5-7;;/h1-13H;2*6H,1-5H2;1H3;/q4*-1;+4. The van der Waals surface area contributed by atoms with Crippen LogP contribution in [-0.4, -0.2) is 0 Å². The quantitative estimate of drug-likeness (QED) is 0.299. The summed E-state index contributed by atoms with van der Waals surface area (Å²) in [5.41, 5.74) is 5.15. The van der Waals surface area contributed by atoms with Crippen LogP contribution in [0.3, 0.4) is 0 Å². The van der Waals surface area contributed by atoms with Gasteiger partial charge in [0.15, 0.2) is 0 Å². The second kappa shape index (κ2) is 12.9. The summed E-state index contributed by atoms with van der Waals surface area (Å²) < 4.78 is 0. The Labute approximate surface area is 221 Å². The van der Waals surface area contributed by atoms with Crippen LogP contribution in [-0.2, 0) is 26.2 Å². The van der Waals surface area contributed by atoms with Crippen LogP contribution in [0, 0.1) is 31.1 Å². The van der Waals surface area contributed by atoms with Gasteiger partial charge in [-0.15, -0.1) is 35.9 Å². The van der Waals surface area contributed by atoms with Gasteiger partial charge in [0.05, 0.1) is 0 Å². The molecule has 4 bridgehead atoms. The molecule has 0 unspecified atom stereocenters. The van der Waals surface area contributed by atoms with E-state index in [-0.39, 0.29) is 33.6 Å². The summed E-state index contributed by atoms with van der Waals surface area (Å²) in [4.78, 5) is 0. The van der Waals surface area contributed by atoms with Gasteiger partial charge in [0, 0.05) is 0 Å². The second-order valence-corrected chi connectivity index (χ2v) is 9.88. The van der Waals surface area contributed by atoms with Crippen molar-refractivity contribution in [3.05, 3.63) is 98.1 Å². The van der Waals surface area contributed by atoms with E-state index in [9.17, 15) is 0 Å². The zero-order valence-electron chi connectivity index (χ0n) is 20.2. The van der Waals surface area contributed by atoms with E-state index in [1.807, 2.05) is 11.8 Å². The molecule has 0 amide bonds. The summed E-state index contributed by atoms with van der Waals surface area (Å²) in [7, 11) is 0. The molecule has 0 radical (unpaired) electrons. The van der Waals surface area contributed by atoms with Gasteiger partial charge in [-0.2, -0.15) is 38.5 Å². The summed E-state index contributed by atoms with van der Waals surface area (Å²) in [6, 6.07) is 27.5. The van der Waals surface area contributed by atoms with Crippen molar-refractivity contribution in [1.29, 1.82) is 0 Å². The van der Waals surface area contributed by atoms with Crippen LogP contribution >= 0.6 is 0 Å². The molecule has 3 aromatic carbocycles. The molecule has 0 aromatic heterocycles. The smallest absolute Gasteiger partial charge is 0.358 e. The normalized spacial score (nSPS) is 19.2. The fourth-order valence-corrected chi connectivity index (χ4v) is 5.96. The zero-order chi connectivity index (χ0) is 20.9. The average Bonchev–Trinajstić information content (AvgIpc) is 3.68. The second-order valence-electron chi connectivity index (χ2n) is 9.88. The topological polar surface area (TPSA) is 0 Å². The predicted molar refractivity (Wildman–Crippen MR) is 139 cm³/mol. The van der Waals surface area contributed by atoms with Gasteiger partial charge in [0.2, 0.25) is 0 Å². The van der Waals surface area contributed by atoms with Crippen molar-refractivity contribution < 1.29 is 26.2 Å². The van der Waals surface area contributed by atoms with Crippen molar-refractivity contribution in [2.24, 2.45) is 11.8 Å². The summed E-state index contributed by atoms with van der Waals surface area (Å²) in [5.74, 6) is 6.00. The van der Waals surface area contributed by atoms with E-state index < -0.39 is 0 Å². The first-order chi connectivity index (χ1) is 15.3. The van der Waals surface area contributed by atoms with Gasteiger partial charge in [0.25, 0.3) is 0 Å². The third-order valence-electron chi connectivity index (χ3n) is 7.76. The van der Waals surface area contributed by atoms with Gasteiger partial charge < -0.3 is 19.3 Å². The Morgan fingerprint density at radius 1 is 0.576 bits per heavy atom. The van der Waals surface area contributed by atoms with Crippen molar-refractivity contribution in [2.45, 2.75) is 64.2 Å².